The fraction of sp³-hybridized carbons (Fsp3) is 0.722. The van der Waals surface area contributed by atoms with E-state index in [4.69, 9.17) is 0 Å². The topological polar surface area (TPSA) is 17.1 Å². The van der Waals surface area contributed by atoms with E-state index in [1.165, 1.54) is 64.2 Å². The number of ketones is 1. The molecular formula is C18H30O. The van der Waals surface area contributed by atoms with Crippen LogP contribution < -0.4 is 0 Å². The molecule has 0 aliphatic heterocycles. The maximum atomic E-state index is 11.5. The molecule has 0 fully saturated rings. The molecule has 1 atom stereocenters. The van der Waals surface area contributed by atoms with E-state index in [1.54, 1.807) is 6.08 Å². The highest BCUT2D eigenvalue weighted by atomic mass is 16.1. The first-order chi connectivity index (χ1) is 9.34. The molecule has 1 nitrogen and oxygen atoms in total. The molecule has 0 aromatic carbocycles. The third-order valence-corrected chi connectivity index (χ3v) is 3.95. The van der Waals surface area contributed by atoms with Gasteiger partial charge in [-0.25, -0.2) is 0 Å². The monoisotopic (exact) mass is 262 g/mol. The second-order valence-corrected chi connectivity index (χ2v) is 5.72. The highest BCUT2D eigenvalue weighted by Gasteiger charge is 2.13. The summed E-state index contributed by atoms with van der Waals surface area (Å²) in [4.78, 5) is 11.5. The first kappa shape index (κ1) is 16.2. The maximum Gasteiger partial charge on any atom is 0.162 e. The Morgan fingerprint density at radius 1 is 0.842 bits per heavy atom. The molecule has 19 heavy (non-hydrogen) atoms. The van der Waals surface area contributed by atoms with Crippen molar-refractivity contribution >= 4 is 5.78 Å². The Bertz CT molecular complexity index is 288. The van der Waals surface area contributed by atoms with Gasteiger partial charge in [-0.15, -0.1) is 0 Å². The zero-order valence-corrected chi connectivity index (χ0v) is 12.6. The molecule has 0 heterocycles. The molecule has 1 aliphatic carbocycles. The maximum absolute atomic E-state index is 11.5. The third-order valence-electron chi connectivity index (χ3n) is 3.95. The second kappa shape index (κ2) is 11.0. The van der Waals surface area contributed by atoms with Crippen molar-refractivity contribution in [2.45, 2.75) is 77.6 Å². The van der Waals surface area contributed by atoms with Crippen molar-refractivity contribution in [1.82, 2.24) is 0 Å². The Kier molecular flexibility index (Phi) is 9.40. The third kappa shape index (κ3) is 8.02. The van der Waals surface area contributed by atoms with Crippen LogP contribution in [-0.4, -0.2) is 5.78 Å². The average Bonchev–Trinajstić information content (AvgIpc) is 2.43. The molecule has 0 saturated carbocycles. The predicted octanol–water partition coefficient (Wildman–Crippen LogP) is 5.61. The lowest BCUT2D eigenvalue weighted by molar-refractivity contribution is -0.117. The number of hydrogen-bond acceptors (Lipinski definition) is 1. The van der Waals surface area contributed by atoms with Crippen molar-refractivity contribution in [1.29, 1.82) is 0 Å². The van der Waals surface area contributed by atoms with Crippen LogP contribution in [0.1, 0.15) is 77.6 Å². The van der Waals surface area contributed by atoms with Gasteiger partial charge in [0.1, 0.15) is 0 Å². The minimum absolute atomic E-state index is 0.166. The normalized spacial score (nSPS) is 18.2. The van der Waals surface area contributed by atoms with Gasteiger partial charge in [0.25, 0.3) is 0 Å². The van der Waals surface area contributed by atoms with Crippen molar-refractivity contribution in [2.75, 3.05) is 0 Å². The molecule has 0 N–H and O–H groups in total. The quantitative estimate of drug-likeness (QED) is 0.442. The van der Waals surface area contributed by atoms with Crippen LogP contribution in [0.4, 0.5) is 0 Å². The van der Waals surface area contributed by atoms with Gasteiger partial charge in [-0.1, -0.05) is 89.4 Å². The van der Waals surface area contributed by atoms with Gasteiger partial charge >= 0.3 is 0 Å². The predicted molar refractivity (Wildman–Crippen MR) is 83.2 cm³/mol. The highest BCUT2D eigenvalue weighted by molar-refractivity contribution is 5.94. The summed E-state index contributed by atoms with van der Waals surface area (Å²) in [6.45, 7) is 2.27. The van der Waals surface area contributed by atoms with Crippen LogP contribution in [0.3, 0.4) is 0 Å². The standard InChI is InChI=1S/C18H30O/c1-2-3-4-5-6-7-8-9-10-11-14-17-15-12-13-16-18(17)19/h12-13,15-17H,2-11,14H2,1H3. The van der Waals surface area contributed by atoms with Crippen LogP contribution in [0, 0.1) is 5.92 Å². The summed E-state index contributed by atoms with van der Waals surface area (Å²) < 4.78 is 0. The molecule has 1 unspecified atom stereocenters. The Balaban J connectivity index is 1.85. The van der Waals surface area contributed by atoms with E-state index in [9.17, 15) is 4.79 Å². The van der Waals surface area contributed by atoms with E-state index < -0.39 is 0 Å². The van der Waals surface area contributed by atoms with Gasteiger partial charge in [0, 0.05) is 5.92 Å². The van der Waals surface area contributed by atoms with Crippen LogP contribution in [-0.2, 0) is 4.79 Å². The molecule has 0 saturated heterocycles. The van der Waals surface area contributed by atoms with Gasteiger partial charge in [0.2, 0.25) is 0 Å². The SMILES string of the molecule is CCCCCCCCCCCCC1C=CC=CC1=O. The fourth-order valence-corrected chi connectivity index (χ4v) is 2.66. The van der Waals surface area contributed by atoms with Crippen molar-refractivity contribution in [3.8, 4) is 0 Å². The molecule has 108 valence electrons. The largest absolute Gasteiger partial charge is 0.294 e. The van der Waals surface area contributed by atoms with E-state index in [2.05, 4.69) is 13.0 Å². The minimum atomic E-state index is 0.166. The summed E-state index contributed by atoms with van der Waals surface area (Å²) >= 11 is 0. The van der Waals surface area contributed by atoms with Crippen LogP contribution >= 0.6 is 0 Å². The number of carbonyl (C=O) groups is 1. The van der Waals surface area contributed by atoms with Crippen LogP contribution in [0.15, 0.2) is 24.3 Å². The van der Waals surface area contributed by atoms with Gasteiger partial charge in [-0.05, 0) is 12.5 Å². The average molecular weight is 262 g/mol. The number of carbonyl (C=O) groups excluding carboxylic acids is 1. The van der Waals surface area contributed by atoms with Crippen LogP contribution in [0.5, 0.6) is 0 Å². The molecule has 1 rings (SSSR count). The number of hydrogen-bond donors (Lipinski definition) is 0. The lowest BCUT2D eigenvalue weighted by atomic mass is 9.93. The van der Waals surface area contributed by atoms with Gasteiger partial charge in [0.05, 0.1) is 0 Å². The van der Waals surface area contributed by atoms with Crippen LogP contribution in [0.25, 0.3) is 0 Å². The van der Waals surface area contributed by atoms with Crippen molar-refractivity contribution < 1.29 is 4.79 Å². The zero-order valence-electron chi connectivity index (χ0n) is 12.6. The summed E-state index contributed by atoms with van der Waals surface area (Å²) in [6.07, 6.45) is 22.2. The lowest BCUT2D eigenvalue weighted by Crippen LogP contribution is -2.11. The highest BCUT2D eigenvalue weighted by Crippen LogP contribution is 2.17. The molecule has 0 radical (unpaired) electrons. The number of unbranched alkanes of at least 4 members (excludes halogenated alkanes) is 9. The van der Waals surface area contributed by atoms with Crippen molar-refractivity contribution in [3.63, 3.8) is 0 Å². The molecule has 0 bridgehead atoms. The number of rotatable bonds is 11. The van der Waals surface area contributed by atoms with Crippen molar-refractivity contribution in [3.05, 3.63) is 24.3 Å². The van der Waals surface area contributed by atoms with Gasteiger partial charge in [0.15, 0.2) is 5.78 Å². The summed E-state index contributed by atoms with van der Waals surface area (Å²) in [5, 5.41) is 0. The summed E-state index contributed by atoms with van der Waals surface area (Å²) in [6, 6.07) is 0. The van der Waals surface area contributed by atoms with E-state index in [0.717, 1.165) is 6.42 Å². The van der Waals surface area contributed by atoms with Crippen LogP contribution in [0.2, 0.25) is 0 Å². The Morgan fingerprint density at radius 3 is 2.00 bits per heavy atom. The summed E-state index contributed by atoms with van der Waals surface area (Å²) in [7, 11) is 0. The molecule has 1 heteroatoms. The fourth-order valence-electron chi connectivity index (χ4n) is 2.66. The zero-order chi connectivity index (χ0) is 13.8. The molecule has 0 aromatic heterocycles. The number of allylic oxidation sites excluding steroid dienone is 4. The van der Waals surface area contributed by atoms with E-state index in [1.807, 2.05) is 12.2 Å². The molecular weight excluding hydrogens is 232 g/mol. The smallest absolute Gasteiger partial charge is 0.162 e. The molecule has 0 spiro atoms. The Hall–Kier alpha value is -0.850. The molecule has 0 amide bonds. The summed E-state index contributed by atoms with van der Waals surface area (Å²) in [5.41, 5.74) is 0. The van der Waals surface area contributed by atoms with Gasteiger partial charge in [-0.2, -0.15) is 0 Å². The van der Waals surface area contributed by atoms with Crippen molar-refractivity contribution in [2.24, 2.45) is 5.92 Å². The van der Waals surface area contributed by atoms with Gasteiger partial charge < -0.3 is 0 Å². The molecule has 0 aromatic rings. The van der Waals surface area contributed by atoms with E-state index in [0.29, 0.717) is 5.78 Å². The lowest BCUT2D eigenvalue weighted by Gasteiger charge is -2.11. The Morgan fingerprint density at radius 2 is 1.42 bits per heavy atom. The van der Waals surface area contributed by atoms with Gasteiger partial charge in [-0.3, -0.25) is 4.79 Å². The van der Waals surface area contributed by atoms with E-state index in [-0.39, 0.29) is 5.92 Å². The molecule has 1 aliphatic rings. The first-order valence-corrected chi connectivity index (χ1v) is 8.23. The Labute approximate surface area is 119 Å². The second-order valence-electron chi connectivity index (χ2n) is 5.72. The first-order valence-electron chi connectivity index (χ1n) is 8.23. The minimum Gasteiger partial charge on any atom is -0.294 e. The summed E-state index contributed by atoms with van der Waals surface area (Å²) in [5.74, 6) is 0.456. The van der Waals surface area contributed by atoms with E-state index >= 15 is 0 Å².